The Morgan fingerprint density at radius 1 is 1.06 bits per heavy atom. The van der Waals surface area contributed by atoms with E-state index in [-0.39, 0.29) is 10.8 Å². The molecule has 1 heterocycles. The predicted molar refractivity (Wildman–Crippen MR) is 128 cm³/mol. The standard InChI is InChI=1S/C22H27N5O6S/c1-14(25-34(31,32)18-8-5-16(6-9-18)23-15(2)28)21(29)24-17-7-10-20-19(13-17)27(22(30)33-20)12-11-26(3)4/h5-10,13-14,25H,11-12H2,1-4H3,(H,23,28)(H,24,29)/t14-/m0/s1. The minimum absolute atomic E-state index is 0.0500. The van der Waals surface area contributed by atoms with Gasteiger partial charge in [-0.1, -0.05) is 0 Å². The zero-order valence-electron chi connectivity index (χ0n) is 19.3. The quantitative estimate of drug-likeness (QED) is 0.412. The summed E-state index contributed by atoms with van der Waals surface area (Å²) in [5.74, 6) is -1.35. The van der Waals surface area contributed by atoms with E-state index in [4.69, 9.17) is 4.42 Å². The minimum atomic E-state index is -3.98. The van der Waals surface area contributed by atoms with Gasteiger partial charge in [0.2, 0.25) is 21.8 Å². The number of fused-ring (bicyclic) bond motifs is 1. The van der Waals surface area contributed by atoms with Gasteiger partial charge in [0.05, 0.1) is 16.5 Å². The molecule has 0 aliphatic carbocycles. The van der Waals surface area contributed by atoms with Gasteiger partial charge in [-0.05, 0) is 63.5 Å². The topological polar surface area (TPSA) is 143 Å². The molecule has 0 bridgehead atoms. The van der Waals surface area contributed by atoms with Crippen molar-refractivity contribution in [2.75, 3.05) is 31.3 Å². The molecule has 11 nitrogen and oxygen atoms in total. The highest BCUT2D eigenvalue weighted by Crippen LogP contribution is 2.19. The maximum atomic E-state index is 12.7. The second-order valence-corrected chi connectivity index (χ2v) is 9.76. The molecule has 0 radical (unpaired) electrons. The third-order valence-corrected chi connectivity index (χ3v) is 6.47. The Balaban J connectivity index is 1.71. The number of aromatic nitrogens is 1. The van der Waals surface area contributed by atoms with Gasteiger partial charge in [0.25, 0.3) is 0 Å². The molecule has 3 N–H and O–H groups in total. The van der Waals surface area contributed by atoms with Gasteiger partial charge < -0.3 is 20.0 Å². The number of hydrogen-bond donors (Lipinski definition) is 3. The molecule has 0 unspecified atom stereocenters. The van der Waals surface area contributed by atoms with Crippen molar-refractivity contribution in [2.45, 2.75) is 31.3 Å². The highest BCUT2D eigenvalue weighted by molar-refractivity contribution is 7.89. The summed E-state index contributed by atoms with van der Waals surface area (Å²) in [5, 5.41) is 5.21. The number of likely N-dealkylation sites (N-methyl/N-ethyl adjacent to an activating group) is 1. The van der Waals surface area contributed by atoms with Gasteiger partial charge in [-0.15, -0.1) is 0 Å². The molecule has 12 heteroatoms. The average molecular weight is 490 g/mol. The highest BCUT2D eigenvalue weighted by Gasteiger charge is 2.22. The minimum Gasteiger partial charge on any atom is -0.408 e. The third kappa shape index (κ3) is 6.10. The summed E-state index contributed by atoms with van der Waals surface area (Å²) in [6.45, 7) is 3.80. The summed E-state index contributed by atoms with van der Waals surface area (Å²) < 4.78 is 34.3. The first kappa shape index (κ1) is 25.1. The summed E-state index contributed by atoms with van der Waals surface area (Å²) in [6.07, 6.45) is 0. The van der Waals surface area contributed by atoms with Gasteiger partial charge in [-0.3, -0.25) is 14.2 Å². The Kier molecular flexibility index (Phi) is 7.54. The van der Waals surface area contributed by atoms with E-state index in [0.717, 1.165) is 0 Å². The van der Waals surface area contributed by atoms with Crippen molar-refractivity contribution in [3.05, 3.63) is 53.0 Å². The van der Waals surface area contributed by atoms with Crippen LogP contribution in [-0.4, -0.2) is 56.4 Å². The summed E-state index contributed by atoms with van der Waals surface area (Å²) in [7, 11) is -0.209. The van der Waals surface area contributed by atoms with E-state index in [1.165, 1.54) is 42.7 Å². The number of carbonyl (C=O) groups is 2. The van der Waals surface area contributed by atoms with Crippen LogP contribution >= 0.6 is 0 Å². The van der Waals surface area contributed by atoms with Crippen LogP contribution in [0.5, 0.6) is 0 Å². The van der Waals surface area contributed by atoms with Crippen LogP contribution in [0.4, 0.5) is 11.4 Å². The lowest BCUT2D eigenvalue weighted by molar-refractivity contribution is -0.117. The van der Waals surface area contributed by atoms with E-state index in [9.17, 15) is 22.8 Å². The number of benzene rings is 2. The van der Waals surface area contributed by atoms with E-state index < -0.39 is 27.7 Å². The number of nitrogens with zero attached hydrogens (tertiary/aromatic N) is 2. The molecule has 3 rings (SSSR count). The van der Waals surface area contributed by atoms with Gasteiger partial charge in [0, 0.05) is 31.4 Å². The van der Waals surface area contributed by atoms with Crippen molar-refractivity contribution in [1.82, 2.24) is 14.2 Å². The first-order valence-electron chi connectivity index (χ1n) is 10.5. The molecule has 1 atom stereocenters. The number of nitrogens with one attached hydrogen (secondary N) is 3. The van der Waals surface area contributed by atoms with Crippen molar-refractivity contribution in [1.29, 1.82) is 0 Å². The molecule has 1 aromatic heterocycles. The van der Waals surface area contributed by atoms with Crippen LogP contribution in [0.25, 0.3) is 11.1 Å². The summed E-state index contributed by atoms with van der Waals surface area (Å²) in [4.78, 5) is 37.8. The zero-order chi connectivity index (χ0) is 25.0. The van der Waals surface area contributed by atoms with Crippen molar-refractivity contribution in [2.24, 2.45) is 0 Å². The van der Waals surface area contributed by atoms with Crippen molar-refractivity contribution < 1.29 is 22.4 Å². The smallest absolute Gasteiger partial charge is 0.408 e. The Labute approximate surface area is 196 Å². The molecule has 0 spiro atoms. The highest BCUT2D eigenvalue weighted by atomic mass is 32.2. The first-order chi connectivity index (χ1) is 16.0. The average Bonchev–Trinajstić information content (AvgIpc) is 3.06. The van der Waals surface area contributed by atoms with Crippen molar-refractivity contribution in [3.63, 3.8) is 0 Å². The normalized spacial score (nSPS) is 12.6. The maximum Gasteiger partial charge on any atom is 0.419 e. The molecule has 0 fully saturated rings. The van der Waals surface area contributed by atoms with Crippen molar-refractivity contribution >= 4 is 44.3 Å². The Bertz CT molecular complexity index is 1360. The molecule has 0 aliphatic heterocycles. The van der Waals surface area contributed by atoms with E-state index in [1.54, 1.807) is 18.2 Å². The lowest BCUT2D eigenvalue weighted by atomic mass is 10.2. The number of sulfonamides is 1. The Morgan fingerprint density at radius 3 is 2.32 bits per heavy atom. The van der Waals surface area contributed by atoms with Gasteiger partial charge in [-0.25, -0.2) is 13.2 Å². The van der Waals surface area contributed by atoms with E-state index in [2.05, 4.69) is 15.4 Å². The number of amides is 2. The van der Waals surface area contributed by atoms with Gasteiger partial charge >= 0.3 is 5.76 Å². The molecule has 0 saturated carbocycles. The Hall–Kier alpha value is -3.48. The summed E-state index contributed by atoms with van der Waals surface area (Å²) >= 11 is 0. The number of hydrogen-bond acceptors (Lipinski definition) is 7. The molecule has 182 valence electrons. The second kappa shape index (κ2) is 10.2. The molecule has 2 amide bonds. The van der Waals surface area contributed by atoms with Crippen LogP contribution in [0.2, 0.25) is 0 Å². The van der Waals surface area contributed by atoms with E-state index in [1.807, 2.05) is 19.0 Å². The molecular formula is C22H27N5O6S. The second-order valence-electron chi connectivity index (χ2n) is 8.04. The largest absolute Gasteiger partial charge is 0.419 e. The van der Waals surface area contributed by atoms with Gasteiger partial charge in [0.15, 0.2) is 5.58 Å². The number of rotatable bonds is 9. The number of anilines is 2. The van der Waals surface area contributed by atoms with Crippen LogP contribution in [0.15, 0.2) is 56.6 Å². The molecule has 0 saturated heterocycles. The molecule has 0 aliphatic rings. The van der Waals surface area contributed by atoms with Crippen LogP contribution < -0.4 is 21.1 Å². The number of carbonyl (C=O) groups excluding carboxylic acids is 2. The molecule has 3 aromatic rings. The summed E-state index contributed by atoms with van der Waals surface area (Å²) in [6, 6.07) is 9.24. The fourth-order valence-electron chi connectivity index (χ4n) is 3.18. The fraction of sp³-hybridized carbons (Fsp3) is 0.318. The monoisotopic (exact) mass is 489 g/mol. The van der Waals surface area contributed by atoms with Crippen LogP contribution in [0, 0.1) is 0 Å². The summed E-state index contributed by atoms with van der Waals surface area (Å²) in [5.41, 5.74) is 1.76. The van der Waals surface area contributed by atoms with Gasteiger partial charge in [-0.2, -0.15) is 4.72 Å². The van der Waals surface area contributed by atoms with Crippen LogP contribution in [0.1, 0.15) is 13.8 Å². The van der Waals surface area contributed by atoms with E-state index in [0.29, 0.717) is 35.6 Å². The lowest BCUT2D eigenvalue weighted by Crippen LogP contribution is -2.41. The maximum absolute atomic E-state index is 12.7. The SMILES string of the molecule is CC(=O)Nc1ccc(S(=O)(=O)N[C@@H](C)C(=O)Nc2ccc3oc(=O)n(CCN(C)C)c3c2)cc1. The molecular weight excluding hydrogens is 462 g/mol. The number of oxazole rings is 1. The first-order valence-corrected chi connectivity index (χ1v) is 11.9. The van der Waals surface area contributed by atoms with Crippen LogP contribution in [-0.2, 0) is 26.2 Å². The van der Waals surface area contributed by atoms with Gasteiger partial charge in [0.1, 0.15) is 0 Å². The molecule has 2 aromatic carbocycles. The Morgan fingerprint density at radius 2 is 1.71 bits per heavy atom. The van der Waals surface area contributed by atoms with Crippen molar-refractivity contribution in [3.8, 4) is 0 Å². The van der Waals surface area contributed by atoms with E-state index >= 15 is 0 Å². The fourth-order valence-corrected chi connectivity index (χ4v) is 4.38. The zero-order valence-corrected chi connectivity index (χ0v) is 20.1. The van der Waals surface area contributed by atoms with Crippen LogP contribution in [0.3, 0.4) is 0 Å². The third-order valence-electron chi connectivity index (χ3n) is 4.92. The molecule has 34 heavy (non-hydrogen) atoms. The predicted octanol–water partition coefficient (Wildman–Crippen LogP) is 1.42. The lowest BCUT2D eigenvalue weighted by Gasteiger charge is -2.15.